The van der Waals surface area contributed by atoms with Crippen molar-refractivity contribution in [2.45, 2.75) is 6.43 Å². The maximum atomic E-state index is 12.7. The molecule has 0 saturated carbocycles. The quantitative estimate of drug-likeness (QED) is 0.532. The summed E-state index contributed by atoms with van der Waals surface area (Å²) < 4.78 is 26.3. The van der Waals surface area contributed by atoms with Crippen LogP contribution in [0.15, 0.2) is 46.1 Å². The second kappa shape index (κ2) is 8.21. The molecule has 1 radical (unpaired) electrons. The van der Waals surface area contributed by atoms with Gasteiger partial charge in [0.25, 0.3) is 6.43 Å². The summed E-state index contributed by atoms with van der Waals surface area (Å²) in [7, 11) is 0. The molecule has 0 fully saturated rings. The number of rotatable bonds is 3. The predicted molar refractivity (Wildman–Crippen MR) is 81.6 cm³/mol. The van der Waals surface area contributed by atoms with Gasteiger partial charge in [0, 0.05) is 37.2 Å². The molecular weight excluding hydrogens is 460 g/mol. The van der Waals surface area contributed by atoms with E-state index in [1.54, 1.807) is 18.2 Å². The van der Waals surface area contributed by atoms with E-state index in [0.717, 1.165) is 4.47 Å². The Morgan fingerprint density at radius 3 is 2.57 bits per heavy atom. The third kappa shape index (κ3) is 4.62. The van der Waals surface area contributed by atoms with Crippen molar-refractivity contribution in [1.29, 1.82) is 0 Å². The Bertz CT molecular complexity index is 617. The maximum absolute atomic E-state index is 12.7. The van der Waals surface area contributed by atoms with Crippen LogP contribution in [0.2, 0.25) is 5.02 Å². The van der Waals surface area contributed by atoms with Crippen molar-refractivity contribution in [2.24, 2.45) is 0 Å². The van der Waals surface area contributed by atoms with E-state index < -0.39 is 13.0 Å². The minimum atomic E-state index is -2.53. The van der Waals surface area contributed by atoms with E-state index in [9.17, 15) is 8.78 Å². The molecule has 1 aliphatic rings. The summed E-state index contributed by atoms with van der Waals surface area (Å²) in [4.78, 5) is 1.32. The van der Waals surface area contributed by atoms with Crippen LogP contribution in [0.3, 0.4) is 0 Å². The van der Waals surface area contributed by atoms with Crippen LogP contribution in [-0.2, 0) is 32.7 Å². The maximum Gasteiger partial charge on any atom is 0.256 e. The largest absolute Gasteiger partial charge is 0.368 e. The summed E-state index contributed by atoms with van der Waals surface area (Å²) in [5.74, 6) is 0. The molecule has 0 amide bonds. The molecule has 0 aromatic heterocycles. The molecule has 1 heterocycles. The first-order chi connectivity index (χ1) is 9.40. The van der Waals surface area contributed by atoms with Crippen LogP contribution < -0.4 is 0 Å². The zero-order chi connectivity index (χ0) is 14.9. The van der Waals surface area contributed by atoms with Gasteiger partial charge in [-0.3, -0.25) is 0 Å². The summed E-state index contributed by atoms with van der Waals surface area (Å²) in [6.45, 7) is 3.22. The average Bonchev–Trinajstić information content (AvgIpc) is 2.36. The molecule has 0 atom stereocenters. The van der Waals surface area contributed by atoms with Crippen molar-refractivity contribution in [3.63, 3.8) is 0 Å². The van der Waals surface area contributed by atoms with Crippen LogP contribution in [0.4, 0.5) is 8.78 Å². The number of hydrogen-bond donors (Lipinski definition) is 0. The number of hydrogen-bond acceptors (Lipinski definition) is 1. The van der Waals surface area contributed by atoms with Crippen LogP contribution in [-0.4, -0.2) is 17.9 Å². The Kier molecular flexibility index (Phi) is 7.55. The van der Waals surface area contributed by atoms with E-state index in [0.29, 0.717) is 22.0 Å². The number of alkyl halides is 2. The second-order valence-electron chi connectivity index (χ2n) is 4.06. The molecule has 0 saturated heterocycles. The van der Waals surface area contributed by atoms with E-state index in [-0.39, 0.29) is 37.7 Å². The molecule has 0 unspecified atom stereocenters. The fraction of sp³-hybridized carbons (Fsp3) is 0.143. The van der Waals surface area contributed by atoms with Gasteiger partial charge >= 0.3 is 0 Å². The number of halogens is 5. The molecule has 0 spiro atoms. The molecule has 21 heavy (non-hydrogen) atoms. The van der Waals surface area contributed by atoms with Crippen LogP contribution in [0.25, 0.3) is 5.70 Å². The Balaban J connectivity index is 0.00000220. The molecule has 1 aliphatic heterocycles. The minimum absolute atomic E-state index is 0. The first kappa shape index (κ1) is 19.3. The molecule has 1 nitrogen and oxygen atoms in total. The van der Waals surface area contributed by atoms with E-state index in [2.05, 4.69) is 28.6 Å². The minimum Gasteiger partial charge on any atom is -0.368 e. The topological polar surface area (TPSA) is 3.24 Å². The molecule has 0 bridgehead atoms. The summed E-state index contributed by atoms with van der Waals surface area (Å²) in [6, 6.07) is 5.20. The number of nitrogens with zero attached hydrogens (tertiary/aromatic N) is 1. The summed E-state index contributed by atoms with van der Waals surface area (Å²) >= 11 is 15.4. The molecule has 1 aromatic rings. The Morgan fingerprint density at radius 1 is 1.33 bits per heavy atom. The smallest absolute Gasteiger partial charge is 0.256 e. The van der Waals surface area contributed by atoms with Gasteiger partial charge in [0.1, 0.15) is 0 Å². The zero-order valence-electron chi connectivity index (χ0n) is 10.7. The van der Waals surface area contributed by atoms with E-state index in [1.165, 1.54) is 11.0 Å². The van der Waals surface area contributed by atoms with E-state index in [1.807, 2.05) is 0 Å². The van der Waals surface area contributed by atoms with Gasteiger partial charge in [0.2, 0.25) is 0 Å². The van der Waals surface area contributed by atoms with Gasteiger partial charge in [-0.05, 0) is 21.8 Å². The van der Waals surface area contributed by atoms with Crippen molar-refractivity contribution >= 4 is 44.8 Å². The SMILES string of the molecule is C=C1C(Cl)=C[C-]=C(c2ccc(Br)cc2Cl)N1CC(F)F.[Y]. The van der Waals surface area contributed by atoms with Gasteiger partial charge in [-0.1, -0.05) is 51.4 Å². The zero-order valence-corrected chi connectivity index (χ0v) is 16.7. The van der Waals surface area contributed by atoms with E-state index >= 15 is 0 Å². The predicted octanol–water partition coefficient (Wildman–Crippen LogP) is 5.46. The molecule has 1 aromatic carbocycles. The molecule has 7 heteroatoms. The van der Waals surface area contributed by atoms with Crippen LogP contribution in [0.1, 0.15) is 5.56 Å². The third-order valence-electron chi connectivity index (χ3n) is 2.71. The summed E-state index contributed by atoms with van der Waals surface area (Å²) in [5, 5.41) is 0.711. The fourth-order valence-electron chi connectivity index (χ4n) is 1.80. The van der Waals surface area contributed by atoms with Gasteiger partial charge in [-0.2, -0.15) is 23.8 Å². The summed E-state index contributed by atoms with van der Waals surface area (Å²) in [6.07, 6.45) is 1.86. The van der Waals surface area contributed by atoms with Gasteiger partial charge in [0.05, 0.1) is 6.54 Å². The Morgan fingerprint density at radius 2 is 2.00 bits per heavy atom. The fourth-order valence-corrected chi connectivity index (χ4v) is 2.72. The summed E-state index contributed by atoms with van der Waals surface area (Å²) in [5.41, 5.74) is 1.33. The molecule has 2 rings (SSSR count). The van der Waals surface area contributed by atoms with Crippen molar-refractivity contribution in [2.75, 3.05) is 6.54 Å². The van der Waals surface area contributed by atoms with Crippen molar-refractivity contribution in [3.05, 3.63) is 62.7 Å². The monoisotopic (exact) mass is 467 g/mol. The molecule has 0 N–H and O–H groups in total. The van der Waals surface area contributed by atoms with Gasteiger partial charge in [-0.25, -0.2) is 8.78 Å². The van der Waals surface area contributed by atoms with Crippen molar-refractivity contribution < 1.29 is 41.5 Å². The standard InChI is InChI=1S/C14H9BrCl2F2N.Y/c1-8-11(16)4-5-13(20(8)7-14(18)19)10-3-2-9(15)6-12(10)17;/h2-4,6,14H,1,7H2;/q-1;. The first-order valence-corrected chi connectivity index (χ1v) is 7.14. The van der Waals surface area contributed by atoms with Crippen LogP contribution >= 0.6 is 39.1 Å². The number of benzene rings is 1. The van der Waals surface area contributed by atoms with E-state index in [4.69, 9.17) is 23.2 Å². The third-order valence-corrected chi connectivity index (χ3v) is 3.85. The Hall–Kier alpha value is 0.264. The molecule has 109 valence electrons. The first-order valence-electron chi connectivity index (χ1n) is 5.59. The van der Waals surface area contributed by atoms with Gasteiger partial charge in [0.15, 0.2) is 0 Å². The molecule has 0 aliphatic carbocycles. The van der Waals surface area contributed by atoms with Crippen molar-refractivity contribution in [3.8, 4) is 0 Å². The van der Waals surface area contributed by atoms with Gasteiger partial charge in [-0.15, -0.1) is 6.07 Å². The molecular formula is C14H9BrCl2F2NY-. The Labute approximate surface area is 165 Å². The van der Waals surface area contributed by atoms with Crippen LogP contribution in [0, 0.1) is 6.08 Å². The average molecular weight is 469 g/mol. The normalized spacial score (nSPS) is 14.8. The van der Waals surface area contributed by atoms with Crippen LogP contribution in [0.5, 0.6) is 0 Å². The number of allylic oxidation sites excluding steroid dienone is 3. The van der Waals surface area contributed by atoms with Gasteiger partial charge < -0.3 is 4.90 Å². The van der Waals surface area contributed by atoms with Crippen molar-refractivity contribution in [1.82, 2.24) is 4.90 Å². The second-order valence-corrected chi connectivity index (χ2v) is 5.79.